The van der Waals surface area contributed by atoms with E-state index in [-0.39, 0.29) is 17.6 Å². The van der Waals surface area contributed by atoms with Gasteiger partial charge in [-0.15, -0.1) is 0 Å². The predicted octanol–water partition coefficient (Wildman–Crippen LogP) is 1.58. The molecular weight excluding hydrogens is 168 g/mol. The number of carboxylic acid groups (broad SMARTS) is 1. The molecule has 0 aromatic heterocycles. The molecule has 3 nitrogen and oxygen atoms in total. The van der Waals surface area contributed by atoms with E-state index in [9.17, 15) is 4.79 Å². The van der Waals surface area contributed by atoms with Gasteiger partial charge in [0.15, 0.2) is 0 Å². The molecule has 2 atom stereocenters. The Labute approximate surface area is 75.6 Å². The van der Waals surface area contributed by atoms with Gasteiger partial charge in [0, 0.05) is 0 Å². The molecule has 0 unspecified atom stereocenters. The first kappa shape index (κ1) is 8.10. The summed E-state index contributed by atoms with van der Waals surface area (Å²) in [6.07, 6.45) is 0.693. The fourth-order valence-electron chi connectivity index (χ4n) is 1.59. The van der Waals surface area contributed by atoms with E-state index >= 15 is 0 Å². The molecule has 0 radical (unpaired) electrons. The summed E-state index contributed by atoms with van der Waals surface area (Å²) in [6.45, 7) is 0. The molecule has 3 heteroatoms. The van der Waals surface area contributed by atoms with Crippen LogP contribution < -0.4 is 0 Å². The van der Waals surface area contributed by atoms with Gasteiger partial charge >= 0.3 is 5.97 Å². The van der Waals surface area contributed by atoms with Crippen molar-refractivity contribution in [3.05, 3.63) is 29.8 Å². The summed E-state index contributed by atoms with van der Waals surface area (Å²) in [5.74, 6) is -0.687. The molecule has 68 valence electrons. The molecule has 1 saturated carbocycles. The summed E-state index contributed by atoms with van der Waals surface area (Å²) in [5, 5.41) is 17.9. The second-order valence-corrected chi connectivity index (χ2v) is 3.38. The van der Waals surface area contributed by atoms with Crippen molar-refractivity contribution in [3.63, 3.8) is 0 Å². The van der Waals surface area contributed by atoms with Crippen LogP contribution in [0.5, 0.6) is 5.75 Å². The number of rotatable bonds is 2. The first-order valence-electron chi connectivity index (χ1n) is 4.20. The van der Waals surface area contributed by atoms with Crippen molar-refractivity contribution < 1.29 is 15.0 Å². The van der Waals surface area contributed by atoms with Gasteiger partial charge in [-0.3, -0.25) is 4.79 Å². The van der Waals surface area contributed by atoms with Crippen LogP contribution >= 0.6 is 0 Å². The highest BCUT2D eigenvalue weighted by molar-refractivity contribution is 5.75. The molecule has 1 aromatic carbocycles. The highest BCUT2D eigenvalue weighted by atomic mass is 16.4. The molecule has 0 bridgehead atoms. The molecule has 1 aromatic rings. The van der Waals surface area contributed by atoms with Crippen LogP contribution in [0.2, 0.25) is 0 Å². The third-order valence-corrected chi connectivity index (χ3v) is 2.41. The lowest BCUT2D eigenvalue weighted by molar-refractivity contribution is -0.138. The maximum absolute atomic E-state index is 10.6. The summed E-state index contributed by atoms with van der Waals surface area (Å²) in [4.78, 5) is 10.6. The van der Waals surface area contributed by atoms with Crippen LogP contribution in [0, 0.1) is 5.92 Å². The lowest BCUT2D eigenvalue weighted by atomic mass is 10.1. The molecule has 0 aliphatic heterocycles. The van der Waals surface area contributed by atoms with Gasteiger partial charge in [0.1, 0.15) is 5.75 Å². The average Bonchev–Trinajstić information content (AvgIpc) is 2.82. The first-order valence-corrected chi connectivity index (χ1v) is 4.20. The Bertz CT molecular complexity index is 346. The summed E-state index contributed by atoms with van der Waals surface area (Å²) in [7, 11) is 0. The number of benzene rings is 1. The minimum Gasteiger partial charge on any atom is -0.508 e. The molecule has 0 saturated heterocycles. The fraction of sp³-hybridized carbons (Fsp3) is 0.300. The predicted molar refractivity (Wildman–Crippen MR) is 46.6 cm³/mol. The molecule has 2 N–H and O–H groups in total. The van der Waals surface area contributed by atoms with Crippen LogP contribution in [0.25, 0.3) is 0 Å². The highest BCUT2D eigenvalue weighted by Gasteiger charge is 2.44. The molecule has 1 aliphatic carbocycles. The van der Waals surface area contributed by atoms with Crippen molar-refractivity contribution in [3.8, 4) is 5.75 Å². The van der Waals surface area contributed by atoms with E-state index < -0.39 is 5.97 Å². The van der Waals surface area contributed by atoms with Crippen molar-refractivity contribution in [2.24, 2.45) is 5.92 Å². The Hall–Kier alpha value is -1.51. The van der Waals surface area contributed by atoms with Gasteiger partial charge in [0.05, 0.1) is 5.92 Å². The van der Waals surface area contributed by atoms with Crippen LogP contribution in [0.1, 0.15) is 17.9 Å². The summed E-state index contributed by atoms with van der Waals surface area (Å²) < 4.78 is 0. The second-order valence-electron chi connectivity index (χ2n) is 3.38. The van der Waals surface area contributed by atoms with Gasteiger partial charge in [-0.1, -0.05) is 12.1 Å². The zero-order valence-electron chi connectivity index (χ0n) is 6.97. The molecule has 1 aliphatic rings. The Balaban J connectivity index is 2.16. The first-order chi connectivity index (χ1) is 6.18. The van der Waals surface area contributed by atoms with Crippen LogP contribution in [-0.2, 0) is 4.79 Å². The van der Waals surface area contributed by atoms with Crippen molar-refractivity contribution in [2.45, 2.75) is 12.3 Å². The van der Waals surface area contributed by atoms with E-state index in [1.165, 1.54) is 0 Å². The smallest absolute Gasteiger partial charge is 0.307 e. The normalized spacial score (nSPS) is 25.5. The maximum Gasteiger partial charge on any atom is 0.307 e. The van der Waals surface area contributed by atoms with Gasteiger partial charge in [-0.2, -0.15) is 0 Å². The second kappa shape index (κ2) is 2.76. The number of carboxylic acids is 1. The number of hydrogen-bond acceptors (Lipinski definition) is 2. The third kappa shape index (κ3) is 1.49. The SMILES string of the molecule is O=C(O)[C@H]1C[C@@H]1c1cccc(O)c1. The molecule has 13 heavy (non-hydrogen) atoms. The van der Waals surface area contributed by atoms with E-state index in [1.54, 1.807) is 18.2 Å². The van der Waals surface area contributed by atoms with Crippen molar-refractivity contribution in [1.29, 1.82) is 0 Å². The molecule has 0 amide bonds. The summed E-state index contributed by atoms with van der Waals surface area (Å²) in [5.41, 5.74) is 0.924. The summed E-state index contributed by atoms with van der Waals surface area (Å²) in [6, 6.07) is 6.81. The topological polar surface area (TPSA) is 57.5 Å². The van der Waals surface area contributed by atoms with E-state index in [2.05, 4.69) is 0 Å². The van der Waals surface area contributed by atoms with Crippen LogP contribution in [0.15, 0.2) is 24.3 Å². The number of aliphatic carboxylic acids is 1. The Kier molecular flexibility index (Phi) is 1.72. The lowest BCUT2D eigenvalue weighted by Crippen LogP contribution is -1.98. The van der Waals surface area contributed by atoms with Crippen molar-refractivity contribution in [1.82, 2.24) is 0 Å². The van der Waals surface area contributed by atoms with Gasteiger partial charge in [0.25, 0.3) is 0 Å². The van der Waals surface area contributed by atoms with Crippen LogP contribution in [0.4, 0.5) is 0 Å². The maximum atomic E-state index is 10.6. The van der Waals surface area contributed by atoms with E-state index in [0.717, 1.165) is 5.56 Å². The minimum absolute atomic E-state index is 0.101. The fourth-order valence-corrected chi connectivity index (χ4v) is 1.59. The molecule has 0 spiro atoms. The largest absolute Gasteiger partial charge is 0.508 e. The van der Waals surface area contributed by atoms with E-state index in [0.29, 0.717) is 6.42 Å². The molecule has 1 fully saturated rings. The Morgan fingerprint density at radius 2 is 2.23 bits per heavy atom. The number of phenolic OH excluding ortho intramolecular Hbond substituents is 1. The van der Waals surface area contributed by atoms with Gasteiger partial charge in [-0.05, 0) is 30.0 Å². The number of aromatic hydroxyl groups is 1. The Morgan fingerprint density at radius 3 is 2.77 bits per heavy atom. The Morgan fingerprint density at radius 1 is 1.46 bits per heavy atom. The number of carbonyl (C=O) groups is 1. The van der Waals surface area contributed by atoms with Crippen LogP contribution in [-0.4, -0.2) is 16.2 Å². The van der Waals surface area contributed by atoms with Gasteiger partial charge < -0.3 is 10.2 Å². The number of phenols is 1. The minimum atomic E-state index is -0.742. The average molecular weight is 178 g/mol. The third-order valence-electron chi connectivity index (χ3n) is 2.41. The zero-order chi connectivity index (χ0) is 9.42. The molecule has 2 rings (SSSR count). The van der Waals surface area contributed by atoms with Gasteiger partial charge in [-0.25, -0.2) is 0 Å². The van der Waals surface area contributed by atoms with Crippen molar-refractivity contribution in [2.75, 3.05) is 0 Å². The van der Waals surface area contributed by atoms with Crippen molar-refractivity contribution >= 4 is 5.97 Å². The van der Waals surface area contributed by atoms with E-state index in [4.69, 9.17) is 10.2 Å². The molecule has 0 heterocycles. The highest BCUT2D eigenvalue weighted by Crippen LogP contribution is 2.47. The van der Waals surface area contributed by atoms with Crippen LogP contribution in [0.3, 0.4) is 0 Å². The molecular formula is C10H10O3. The zero-order valence-corrected chi connectivity index (χ0v) is 6.97. The summed E-state index contributed by atoms with van der Waals surface area (Å²) >= 11 is 0. The quantitative estimate of drug-likeness (QED) is 0.722. The standard InChI is InChI=1S/C10H10O3/c11-7-3-1-2-6(4-7)8-5-9(8)10(12)13/h1-4,8-9,11H,5H2,(H,12,13)/t8-,9+/m1/s1. The monoisotopic (exact) mass is 178 g/mol. The lowest BCUT2D eigenvalue weighted by Gasteiger charge is -1.98. The van der Waals surface area contributed by atoms with Gasteiger partial charge in [0.2, 0.25) is 0 Å². The van der Waals surface area contributed by atoms with E-state index in [1.807, 2.05) is 6.07 Å². The number of hydrogen-bond donors (Lipinski definition) is 2.